The fraction of sp³-hybridized carbons (Fsp3) is 0.842. The molecule has 5 nitrogen and oxygen atoms in total. The number of hydrogen-bond acceptors (Lipinski definition) is 5. The highest BCUT2D eigenvalue weighted by molar-refractivity contribution is 5.69. The van der Waals surface area contributed by atoms with Gasteiger partial charge in [0.2, 0.25) is 0 Å². The van der Waals surface area contributed by atoms with Gasteiger partial charge in [-0.15, -0.1) is 0 Å². The van der Waals surface area contributed by atoms with E-state index in [4.69, 9.17) is 14.2 Å². The molecule has 0 aliphatic heterocycles. The number of rotatable bonds is 32. The maximum atomic E-state index is 12.2. The standard InChI is InChI=1S/C38H70O5/c1-4-7-10-12-14-16-18-19-20-21-22-24-26-28-30-32-37(39)41-35-33-36(43-38(40)42-34-9-6-3)31-29-27-25-23-17-15-13-11-8-5-2/h14,16,19-20,36H,4-13,15,17-18,21-35H2,1-3H3. The van der Waals surface area contributed by atoms with E-state index in [0.717, 1.165) is 64.2 Å². The molecular formula is C38H70O5. The molecule has 5 heteroatoms. The second-order valence-corrected chi connectivity index (χ2v) is 12.2. The average molecular weight is 607 g/mol. The second kappa shape index (κ2) is 34.7. The van der Waals surface area contributed by atoms with Gasteiger partial charge < -0.3 is 14.2 Å². The highest BCUT2D eigenvalue weighted by atomic mass is 16.7. The lowest BCUT2D eigenvalue weighted by Crippen LogP contribution is -2.22. The summed E-state index contributed by atoms with van der Waals surface area (Å²) in [7, 11) is 0. The van der Waals surface area contributed by atoms with Crippen LogP contribution < -0.4 is 0 Å². The average Bonchev–Trinajstić information content (AvgIpc) is 3.00. The van der Waals surface area contributed by atoms with Gasteiger partial charge in [-0.3, -0.25) is 4.79 Å². The highest BCUT2D eigenvalue weighted by Gasteiger charge is 2.16. The van der Waals surface area contributed by atoms with Crippen LogP contribution in [0.1, 0.15) is 188 Å². The summed E-state index contributed by atoms with van der Waals surface area (Å²) in [5.41, 5.74) is 0. The van der Waals surface area contributed by atoms with E-state index in [1.165, 1.54) is 89.9 Å². The maximum absolute atomic E-state index is 12.2. The van der Waals surface area contributed by atoms with Crippen LogP contribution in [-0.4, -0.2) is 31.4 Å². The molecule has 0 aliphatic carbocycles. The second-order valence-electron chi connectivity index (χ2n) is 12.2. The van der Waals surface area contributed by atoms with Crippen molar-refractivity contribution in [3.8, 4) is 0 Å². The van der Waals surface area contributed by atoms with Crippen molar-refractivity contribution in [2.24, 2.45) is 0 Å². The Hall–Kier alpha value is -1.78. The van der Waals surface area contributed by atoms with Crippen LogP contribution in [0, 0.1) is 0 Å². The third-order valence-electron chi connectivity index (χ3n) is 7.89. The number of allylic oxidation sites excluding steroid dienone is 4. The van der Waals surface area contributed by atoms with Gasteiger partial charge in [-0.1, -0.05) is 141 Å². The first-order valence-electron chi connectivity index (χ1n) is 18.4. The fourth-order valence-corrected chi connectivity index (χ4v) is 5.05. The smallest absolute Gasteiger partial charge is 0.466 e. The Kier molecular flexibility index (Phi) is 33.3. The number of unbranched alkanes of at least 4 members (excludes halogenated alkanes) is 18. The normalized spacial score (nSPS) is 12.3. The van der Waals surface area contributed by atoms with Crippen molar-refractivity contribution < 1.29 is 23.8 Å². The zero-order valence-corrected chi connectivity index (χ0v) is 28.7. The zero-order chi connectivity index (χ0) is 31.5. The molecule has 0 heterocycles. The number of carbonyl (C=O) groups excluding carboxylic acids is 2. The Morgan fingerprint density at radius 1 is 0.512 bits per heavy atom. The minimum Gasteiger partial charge on any atom is -0.466 e. The molecule has 0 aromatic rings. The summed E-state index contributed by atoms with van der Waals surface area (Å²) in [6, 6.07) is 0. The Bertz CT molecular complexity index is 657. The first-order chi connectivity index (χ1) is 21.1. The summed E-state index contributed by atoms with van der Waals surface area (Å²) in [6.45, 7) is 7.25. The number of ether oxygens (including phenoxy) is 3. The Labute approximate surface area is 267 Å². The summed E-state index contributed by atoms with van der Waals surface area (Å²) in [5, 5.41) is 0. The molecule has 252 valence electrons. The molecule has 0 fully saturated rings. The summed E-state index contributed by atoms with van der Waals surface area (Å²) in [5.74, 6) is -0.145. The van der Waals surface area contributed by atoms with Crippen molar-refractivity contribution in [2.75, 3.05) is 13.2 Å². The molecule has 0 rings (SSSR count). The van der Waals surface area contributed by atoms with Crippen LogP contribution in [0.5, 0.6) is 0 Å². The quantitative estimate of drug-likeness (QED) is 0.0433. The van der Waals surface area contributed by atoms with Crippen molar-refractivity contribution in [2.45, 2.75) is 194 Å². The van der Waals surface area contributed by atoms with Crippen LogP contribution in [0.15, 0.2) is 24.3 Å². The number of esters is 1. The van der Waals surface area contributed by atoms with E-state index >= 15 is 0 Å². The molecule has 1 unspecified atom stereocenters. The predicted octanol–water partition coefficient (Wildman–Crippen LogP) is 12.4. The van der Waals surface area contributed by atoms with Crippen molar-refractivity contribution in [3.63, 3.8) is 0 Å². The largest absolute Gasteiger partial charge is 0.508 e. The van der Waals surface area contributed by atoms with E-state index in [1.54, 1.807) is 0 Å². The van der Waals surface area contributed by atoms with Gasteiger partial charge in [0, 0.05) is 12.8 Å². The molecular weight excluding hydrogens is 536 g/mol. The van der Waals surface area contributed by atoms with Crippen molar-refractivity contribution in [1.29, 1.82) is 0 Å². The molecule has 1 atom stereocenters. The molecule has 0 saturated carbocycles. The number of carbonyl (C=O) groups is 2. The van der Waals surface area contributed by atoms with Gasteiger partial charge in [-0.05, 0) is 57.8 Å². The lowest BCUT2D eigenvalue weighted by Gasteiger charge is -2.18. The SMILES string of the molecule is CCCCCC=CCC=CCCCCCCCC(=O)OCCC(CCCCCCCCCCCC)OC(=O)OCCCC. The zero-order valence-electron chi connectivity index (χ0n) is 28.7. The van der Waals surface area contributed by atoms with Crippen LogP contribution in [0.3, 0.4) is 0 Å². The Morgan fingerprint density at radius 3 is 1.65 bits per heavy atom. The topological polar surface area (TPSA) is 61.8 Å². The highest BCUT2D eigenvalue weighted by Crippen LogP contribution is 2.16. The predicted molar refractivity (Wildman–Crippen MR) is 183 cm³/mol. The van der Waals surface area contributed by atoms with Gasteiger partial charge >= 0.3 is 12.1 Å². The summed E-state index contributed by atoms with van der Waals surface area (Å²) >= 11 is 0. The van der Waals surface area contributed by atoms with Crippen LogP contribution in [0.2, 0.25) is 0 Å². The minimum absolute atomic E-state index is 0.145. The molecule has 0 spiro atoms. The molecule has 0 aromatic carbocycles. The van der Waals surface area contributed by atoms with E-state index in [-0.39, 0.29) is 12.1 Å². The van der Waals surface area contributed by atoms with E-state index in [2.05, 4.69) is 45.1 Å². The van der Waals surface area contributed by atoms with E-state index in [1.807, 2.05) is 0 Å². The van der Waals surface area contributed by atoms with Gasteiger partial charge in [-0.2, -0.15) is 0 Å². The van der Waals surface area contributed by atoms with E-state index < -0.39 is 6.16 Å². The van der Waals surface area contributed by atoms with Crippen molar-refractivity contribution in [1.82, 2.24) is 0 Å². The number of hydrogen-bond donors (Lipinski definition) is 0. The van der Waals surface area contributed by atoms with Crippen LogP contribution in [-0.2, 0) is 19.0 Å². The molecule has 0 aliphatic rings. The Balaban J connectivity index is 3.97. The van der Waals surface area contributed by atoms with Gasteiger partial charge in [0.05, 0.1) is 13.2 Å². The van der Waals surface area contributed by atoms with Crippen LogP contribution in [0.25, 0.3) is 0 Å². The summed E-state index contributed by atoms with van der Waals surface area (Å²) in [6.07, 6.45) is 37.4. The lowest BCUT2D eigenvalue weighted by atomic mass is 10.0. The van der Waals surface area contributed by atoms with Gasteiger partial charge in [0.15, 0.2) is 0 Å². The van der Waals surface area contributed by atoms with Gasteiger partial charge in [0.25, 0.3) is 0 Å². The maximum Gasteiger partial charge on any atom is 0.508 e. The van der Waals surface area contributed by atoms with Gasteiger partial charge in [-0.25, -0.2) is 4.79 Å². The Morgan fingerprint density at radius 2 is 1.02 bits per heavy atom. The molecule has 0 radical (unpaired) electrons. The van der Waals surface area contributed by atoms with Gasteiger partial charge in [0.1, 0.15) is 6.10 Å². The lowest BCUT2D eigenvalue weighted by molar-refractivity contribution is -0.144. The first-order valence-corrected chi connectivity index (χ1v) is 18.4. The molecule has 0 saturated heterocycles. The van der Waals surface area contributed by atoms with Crippen LogP contribution in [0.4, 0.5) is 4.79 Å². The third-order valence-corrected chi connectivity index (χ3v) is 7.89. The fourth-order valence-electron chi connectivity index (χ4n) is 5.05. The minimum atomic E-state index is -0.595. The molecule has 0 amide bonds. The molecule has 0 N–H and O–H groups in total. The van der Waals surface area contributed by atoms with E-state index in [9.17, 15) is 9.59 Å². The third kappa shape index (κ3) is 33.0. The van der Waals surface area contributed by atoms with Crippen molar-refractivity contribution in [3.05, 3.63) is 24.3 Å². The summed E-state index contributed by atoms with van der Waals surface area (Å²) < 4.78 is 16.3. The summed E-state index contributed by atoms with van der Waals surface area (Å²) in [4.78, 5) is 24.3. The molecule has 0 aromatic heterocycles. The van der Waals surface area contributed by atoms with Crippen molar-refractivity contribution >= 4 is 12.1 Å². The molecule has 0 bridgehead atoms. The molecule has 43 heavy (non-hydrogen) atoms. The first kappa shape index (κ1) is 41.2. The van der Waals surface area contributed by atoms with Crippen LogP contribution >= 0.6 is 0 Å². The monoisotopic (exact) mass is 607 g/mol. The van der Waals surface area contributed by atoms with E-state index in [0.29, 0.717) is 26.1 Å².